The average Bonchev–Trinajstić information content (AvgIpc) is 3.11. The third-order valence-electron chi connectivity index (χ3n) is 6.85. The van der Waals surface area contributed by atoms with Gasteiger partial charge in [0.2, 0.25) is 5.91 Å². The standard InChI is InChI=1S/C26H26ClFN6O3/c1-14-7-17(27)6-5-16(14)9-30-24(36)19-8-18-22-20(31-15(2)32(22)4)10-29-23(18)34(25(19)37)11-21(35)33-12-26(3,28)13-33/h5-8,10H,9,11-13H2,1-4H3,(H,30,36). The predicted molar refractivity (Wildman–Crippen MR) is 138 cm³/mol. The molecule has 0 spiro atoms. The Morgan fingerprint density at radius 1 is 1.22 bits per heavy atom. The number of amides is 2. The van der Waals surface area contributed by atoms with Gasteiger partial charge in [0.25, 0.3) is 11.5 Å². The lowest BCUT2D eigenvalue weighted by atomic mass is 9.99. The fourth-order valence-corrected chi connectivity index (χ4v) is 4.96. The van der Waals surface area contributed by atoms with Crippen molar-refractivity contribution in [2.75, 3.05) is 13.1 Å². The summed E-state index contributed by atoms with van der Waals surface area (Å²) in [4.78, 5) is 50.0. The first-order chi connectivity index (χ1) is 17.4. The summed E-state index contributed by atoms with van der Waals surface area (Å²) >= 11 is 6.03. The van der Waals surface area contributed by atoms with E-state index in [1.54, 1.807) is 12.1 Å². The topological polar surface area (TPSA) is 102 Å². The van der Waals surface area contributed by atoms with Crippen LogP contribution in [0, 0.1) is 13.8 Å². The molecule has 0 atom stereocenters. The summed E-state index contributed by atoms with van der Waals surface area (Å²) in [5.41, 5.74) is 1.07. The second-order valence-corrected chi connectivity index (χ2v) is 10.2. The molecule has 37 heavy (non-hydrogen) atoms. The summed E-state index contributed by atoms with van der Waals surface area (Å²) in [7, 11) is 1.83. The van der Waals surface area contributed by atoms with Gasteiger partial charge in [-0.15, -0.1) is 0 Å². The molecule has 4 aromatic rings. The fourth-order valence-electron chi connectivity index (χ4n) is 4.74. The first kappa shape index (κ1) is 24.9. The van der Waals surface area contributed by atoms with E-state index >= 15 is 0 Å². The van der Waals surface area contributed by atoms with Crippen molar-refractivity contribution < 1.29 is 14.0 Å². The summed E-state index contributed by atoms with van der Waals surface area (Å²) < 4.78 is 17.0. The molecule has 0 bridgehead atoms. The number of carbonyl (C=O) groups is 2. The fraction of sp³-hybridized carbons (Fsp3) is 0.346. The third kappa shape index (κ3) is 4.46. The maximum absolute atomic E-state index is 14.0. The number of halogens is 2. The summed E-state index contributed by atoms with van der Waals surface area (Å²) in [6, 6.07) is 6.84. The van der Waals surface area contributed by atoms with Crippen LogP contribution < -0.4 is 10.9 Å². The van der Waals surface area contributed by atoms with Gasteiger partial charge in [0.1, 0.15) is 34.8 Å². The minimum atomic E-state index is -1.44. The summed E-state index contributed by atoms with van der Waals surface area (Å²) in [5, 5.41) is 3.91. The Bertz CT molecular complexity index is 1650. The molecule has 4 heterocycles. The first-order valence-corrected chi connectivity index (χ1v) is 12.2. The van der Waals surface area contributed by atoms with E-state index in [-0.39, 0.29) is 37.4 Å². The van der Waals surface area contributed by atoms with Crippen molar-refractivity contribution in [2.45, 2.75) is 39.5 Å². The Labute approximate surface area is 216 Å². The number of imidazole rings is 1. The van der Waals surface area contributed by atoms with Crippen LogP contribution in [0.25, 0.3) is 22.1 Å². The number of carbonyl (C=O) groups excluding carboxylic acids is 2. The van der Waals surface area contributed by atoms with Crippen LogP contribution in [-0.2, 0) is 24.9 Å². The summed E-state index contributed by atoms with van der Waals surface area (Å²) in [6.45, 7) is 4.88. The molecule has 3 aromatic heterocycles. The van der Waals surface area contributed by atoms with Crippen LogP contribution in [0.1, 0.15) is 34.2 Å². The molecular weight excluding hydrogens is 499 g/mol. The number of hydrogen-bond acceptors (Lipinski definition) is 5. The zero-order valence-corrected chi connectivity index (χ0v) is 21.7. The number of hydrogen-bond donors (Lipinski definition) is 1. The van der Waals surface area contributed by atoms with E-state index in [1.165, 1.54) is 28.7 Å². The van der Waals surface area contributed by atoms with Crippen LogP contribution in [0.3, 0.4) is 0 Å². The number of aromatic nitrogens is 4. The Kier molecular flexibility index (Phi) is 6.02. The number of pyridine rings is 2. The molecule has 1 aromatic carbocycles. The average molecular weight is 525 g/mol. The van der Waals surface area contributed by atoms with Gasteiger partial charge in [0.05, 0.1) is 24.8 Å². The molecule has 192 valence electrons. The molecule has 0 saturated carbocycles. The molecule has 11 heteroatoms. The molecular formula is C26H26ClFN6O3. The van der Waals surface area contributed by atoms with E-state index in [2.05, 4.69) is 15.3 Å². The van der Waals surface area contributed by atoms with Gasteiger partial charge in [-0.3, -0.25) is 19.0 Å². The maximum Gasteiger partial charge on any atom is 0.265 e. The predicted octanol–water partition coefficient (Wildman–Crippen LogP) is 3.05. The number of fused-ring (bicyclic) bond motifs is 3. The molecule has 0 radical (unpaired) electrons. The highest BCUT2D eigenvalue weighted by Crippen LogP contribution is 2.26. The summed E-state index contributed by atoms with van der Waals surface area (Å²) in [5.74, 6) is -0.278. The Balaban J connectivity index is 1.58. The largest absolute Gasteiger partial charge is 0.348 e. The van der Waals surface area contributed by atoms with Crippen LogP contribution in [0.4, 0.5) is 4.39 Å². The number of alkyl halides is 1. The second kappa shape index (κ2) is 8.95. The van der Waals surface area contributed by atoms with Gasteiger partial charge in [-0.05, 0) is 50.1 Å². The van der Waals surface area contributed by atoms with Crippen molar-refractivity contribution in [3.63, 3.8) is 0 Å². The monoisotopic (exact) mass is 524 g/mol. The van der Waals surface area contributed by atoms with Crippen molar-refractivity contribution in [2.24, 2.45) is 7.05 Å². The Morgan fingerprint density at radius 3 is 2.62 bits per heavy atom. The van der Waals surface area contributed by atoms with E-state index in [0.717, 1.165) is 17.0 Å². The van der Waals surface area contributed by atoms with Crippen LogP contribution in [-0.4, -0.2) is 54.6 Å². The Hall–Kier alpha value is -3.79. The molecule has 1 N–H and O–H groups in total. The van der Waals surface area contributed by atoms with Crippen LogP contribution in [0.2, 0.25) is 5.02 Å². The van der Waals surface area contributed by atoms with Crippen LogP contribution in [0.5, 0.6) is 0 Å². The highest BCUT2D eigenvalue weighted by atomic mass is 35.5. The second-order valence-electron chi connectivity index (χ2n) is 9.81. The van der Waals surface area contributed by atoms with Crippen molar-refractivity contribution in [1.29, 1.82) is 0 Å². The normalized spacial score (nSPS) is 14.7. The van der Waals surface area contributed by atoms with Gasteiger partial charge < -0.3 is 14.8 Å². The lowest BCUT2D eigenvalue weighted by molar-refractivity contribution is -0.144. The van der Waals surface area contributed by atoms with Crippen molar-refractivity contribution in [1.82, 2.24) is 29.3 Å². The molecule has 1 fully saturated rings. The molecule has 0 unspecified atom stereocenters. The van der Waals surface area contributed by atoms with Crippen LogP contribution in [0.15, 0.2) is 35.3 Å². The van der Waals surface area contributed by atoms with Gasteiger partial charge in [0, 0.05) is 24.0 Å². The van der Waals surface area contributed by atoms with Gasteiger partial charge in [0.15, 0.2) is 0 Å². The SMILES string of the molecule is Cc1cc(Cl)ccc1CNC(=O)c1cc2c3c(cnc2n(CC(=O)N2CC(C)(F)C2)c1=O)nc(C)n3C. The molecule has 0 aliphatic carbocycles. The number of nitrogens with zero attached hydrogens (tertiary/aromatic N) is 5. The minimum absolute atomic E-state index is 0.0439. The summed E-state index contributed by atoms with van der Waals surface area (Å²) in [6.07, 6.45) is 1.54. The third-order valence-corrected chi connectivity index (χ3v) is 7.08. The van der Waals surface area contributed by atoms with Crippen molar-refractivity contribution in [3.8, 4) is 0 Å². The van der Waals surface area contributed by atoms with Crippen LogP contribution >= 0.6 is 11.6 Å². The van der Waals surface area contributed by atoms with E-state index in [9.17, 15) is 18.8 Å². The lowest BCUT2D eigenvalue weighted by Crippen LogP contribution is -2.60. The number of rotatable bonds is 5. The highest BCUT2D eigenvalue weighted by Gasteiger charge is 2.41. The quantitative estimate of drug-likeness (QED) is 0.432. The lowest BCUT2D eigenvalue weighted by Gasteiger charge is -2.42. The van der Waals surface area contributed by atoms with Gasteiger partial charge in [-0.1, -0.05) is 17.7 Å². The molecule has 9 nitrogen and oxygen atoms in total. The molecule has 5 rings (SSSR count). The van der Waals surface area contributed by atoms with E-state index in [1.807, 2.05) is 31.5 Å². The first-order valence-electron chi connectivity index (χ1n) is 11.8. The molecule has 2 amide bonds. The van der Waals surface area contributed by atoms with E-state index in [0.29, 0.717) is 21.4 Å². The number of benzene rings is 1. The zero-order valence-electron chi connectivity index (χ0n) is 20.9. The zero-order chi connectivity index (χ0) is 26.6. The van der Waals surface area contributed by atoms with Gasteiger partial charge in [-0.2, -0.15) is 0 Å². The van der Waals surface area contributed by atoms with Crippen molar-refractivity contribution in [3.05, 3.63) is 68.4 Å². The van der Waals surface area contributed by atoms with Crippen molar-refractivity contribution >= 4 is 45.5 Å². The maximum atomic E-state index is 14.0. The Morgan fingerprint density at radius 2 is 1.95 bits per heavy atom. The minimum Gasteiger partial charge on any atom is -0.348 e. The van der Waals surface area contributed by atoms with E-state index in [4.69, 9.17) is 11.6 Å². The molecule has 1 aliphatic rings. The highest BCUT2D eigenvalue weighted by molar-refractivity contribution is 6.30. The number of aryl methyl sites for hydroxylation is 3. The number of likely N-dealkylation sites (tertiary alicyclic amines) is 1. The molecule has 1 saturated heterocycles. The van der Waals surface area contributed by atoms with Gasteiger partial charge in [-0.25, -0.2) is 14.4 Å². The molecule has 1 aliphatic heterocycles. The smallest absolute Gasteiger partial charge is 0.265 e. The van der Waals surface area contributed by atoms with E-state index < -0.39 is 23.0 Å². The number of nitrogens with one attached hydrogen (secondary N) is 1. The van der Waals surface area contributed by atoms with Gasteiger partial charge >= 0.3 is 0 Å².